The second-order valence-corrected chi connectivity index (χ2v) is 22.8. The average molecular weight is 1140 g/mol. The van der Waals surface area contributed by atoms with E-state index in [0.717, 1.165) is 44.8 Å². The van der Waals surface area contributed by atoms with Crippen molar-refractivity contribution < 1.29 is 34.0 Å². The van der Waals surface area contributed by atoms with E-state index >= 15 is 0 Å². The summed E-state index contributed by atoms with van der Waals surface area (Å²) in [4.78, 5) is 66.5. The van der Waals surface area contributed by atoms with E-state index in [4.69, 9.17) is 0 Å². The maximum absolute atomic E-state index is 13.5. The number of hydrogen-bond acceptors (Lipinski definition) is 10. The highest BCUT2D eigenvalue weighted by atomic mass is 16.3. The van der Waals surface area contributed by atoms with Crippen molar-refractivity contribution in [3.05, 3.63) is 260 Å². The number of allylic oxidation sites excluding steroid dienone is 7. The first-order chi connectivity index (χ1) is 41.7. The van der Waals surface area contributed by atoms with E-state index in [1.165, 1.54) is 97.1 Å². The van der Waals surface area contributed by atoms with Gasteiger partial charge in [-0.25, -0.2) is 9.97 Å². The number of nitrogens with one attached hydrogen (secondary N) is 3. The Labute approximate surface area is 502 Å². The van der Waals surface area contributed by atoms with E-state index in [0.29, 0.717) is 23.2 Å². The van der Waals surface area contributed by atoms with Gasteiger partial charge in [0.25, 0.3) is 17.7 Å². The van der Waals surface area contributed by atoms with Crippen LogP contribution in [0.15, 0.2) is 192 Å². The summed E-state index contributed by atoms with van der Waals surface area (Å²) >= 11 is 0. The number of aromatic nitrogens is 2. The zero-order valence-corrected chi connectivity index (χ0v) is 49.0. The van der Waals surface area contributed by atoms with Crippen LogP contribution < -0.4 is 26.0 Å². The Bertz CT molecular complexity index is 3940. The van der Waals surface area contributed by atoms with Gasteiger partial charge in [-0.05, 0) is 153 Å². The monoisotopic (exact) mass is 1140 g/mol. The molecule has 4 aliphatic heterocycles. The minimum Gasteiger partial charge on any atom is -0.857 e. The normalized spacial score (nSPS) is 16.7. The van der Waals surface area contributed by atoms with Crippen LogP contribution in [0.25, 0.3) is 5.57 Å². The number of aliphatic imine (C=N–C) groups is 1. The number of amides is 3. The highest BCUT2D eigenvalue weighted by Gasteiger charge is 2.38. The number of Topliss-reactive ketones (excluding diaryl/α,β-unsaturated/α-hetero) is 1. The summed E-state index contributed by atoms with van der Waals surface area (Å²) in [5.41, 5.74) is 16.0. The fraction of sp³-hybridized carbons (Fsp3) is 0.250. The number of aliphatic hydroxyl groups is 1. The summed E-state index contributed by atoms with van der Waals surface area (Å²) in [6.07, 6.45) is 17.9. The fourth-order valence-electron chi connectivity index (χ4n) is 12.1. The summed E-state index contributed by atoms with van der Waals surface area (Å²) < 4.78 is 2.48. The fourth-order valence-corrected chi connectivity index (χ4v) is 12.1. The van der Waals surface area contributed by atoms with Crippen LogP contribution in [-0.4, -0.2) is 66.8 Å². The summed E-state index contributed by atoms with van der Waals surface area (Å²) in [5.74, 6) is -1.74. The Hall–Kier alpha value is -9.82. The van der Waals surface area contributed by atoms with Gasteiger partial charge in [0.15, 0.2) is 6.04 Å². The molecule has 2 fully saturated rings. The quantitative estimate of drug-likeness (QED) is 0.0926. The molecule has 8 bridgehead atoms. The second kappa shape index (κ2) is 26.0. The molecule has 0 saturated heterocycles. The summed E-state index contributed by atoms with van der Waals surface area (Å²) in [6, 6.07) is 46.5. The molecule has 86 heavy (non-hydrogen) atoms. The largest absolute Gasteiger partial charge is 0.857 e. The van der Waals surface area contributed by atoms with Crippen molar-refractivity contribution in [2.45, 2.75) is 117 Å². The van der Waals surface area contributed by atoms with Crippen LogP contribution >= 0.6 is 0 Å². The van der Waals surface area contributed by atoms with Crippen molar-refractivity contribution in [2.75, 3.05) is 4.90 Å². The Kier molecular flexibility index (Phi) is 17.5. The third kappa shape index (κ3) is 13.1. The molecule has 3 amide bonds. The molecule has 2 saturated carbocycles. The molecule has 4 N–H and O–H groups in total. The lowest BCUT2D eigenvalue weighted by Gasteiger charge is -2.33. The number of nitrogens with zero attached hydrogens (tertiary/aromatic N) is 5. The molecule has 2 aromatic heterocycles. The topological polar surface area (TPSA) is 192 Å². The second-order valence-electron chi connectivity index (χ2n) is 22.8. The predicted molar refractivity (Wildman–Crippen MR) is 335 cm³/mol. The van der Waals surface area contributed by atoms with E-state index in [1.54, 1.807) is 24.3 Å². The number of carbonyl (C=O) groups excluding carboxylic acids is 4. The molecule has 0 spiro atoms. The van der Waals surface area contributed by atoms with Crippen molar-refractivity contribution in [1.29, 1.82) is 0 Å². The third-order valence-corrected chi connectivity index (χ3v) is 16.6. The molecule has 4 aliphatic carbocycles. The Balaban J connectivity index is 0.000000181. The minimum absolute atomic E-state index is 0.0810. The summed E-state index contributed by atoms with van der Waals surface area (Å²) in [7, 11) is 0. The van der Waals surface area contributed by atoms with Gasteiger partial charge < -0.3 is 31.1 Å². The molecule has 0 atom stereocenters. The van der Waals surface area contributed by atoms with Crippen LogP contribution in [-0.2, 0) is 31.0 Å². The molecule has 8 aliphatic rings. The molecule has 14 heteroatoms. The highest BCUT2D eigenvalue weighted by molar-refractivity contribution is 6.39. The molecule has 14 nitrogen and oxygen atoms in total. The molecule has 434 valence electrons. The van der Waals surface area contributed by atoms with E-state index in [1.807, 2.05) is 72.8 Å². The molecule has 15 rings (SSSR count). The van der Waals surface area contributed by atoms with Gasteiger partial charge in [0.05, 0.1) is 23.4 Å². The van der Waals surface area contributed by atoms with E-state index in [9.17, 15) is 29.4 Å². The molecule has 0 radical (unpaired) electrons. The first kappa shape index (κ1) is 58.0. The number of rotatable bonds is 6. The Morgan fingerprint density at radius 3 is 1.55 bits per heavy atom. The lowest BCUT2D eigenvalue weighted by atomic mass is 9.80. The van der Waals surface area contributed by atoms with Crippen LogP contribution in [0.3, 0.4) is 0 Å². The molecule has 7 aromatic rings. The number of pyridine rings is 2. The average Bonchev–Trinajstić information content (AvgIpc) is 2.08. The predicted octanol–water partition coefficient (Wildman–Crippen LogP) is 11.9. The van der Waals surface area contributed by atoms with Crippen LogP contribution in [0.2, 0.25) is 0 Å². The number of benzene rings is 5. The smallest absolute Gasteiger partial charge is 0.270 e. The number of aryl methyl sites for hydroxylation is 4. The first-order valence-electron chi connectivity index (χ1n) is 29.7. The number of ketones is 1. The van der Waals surface area contributed by atoms with Crippen LogP contribution in [0, 0.1) is 27.7 Å². The minimum atomic E-state index is -0.523. The van der Waals surface area contributed by atoms with Crippen molar-refractivity contribution in [3.63, 3.8) is 0 Å². The van der Waals surface area contributed by atoms with Gasteiger partial charge in [-0.15, -0.1) is 0 Å². The zero-order valence-electron chi connectivity index (χ0n) is 49.0. The molecular formula is C72H70N8O6. The van der Waals surface area contributed by atoms with Crippen LogP contribution in [0.5, 0.6) is 0 Å². The van der Waals surface area contributed by atoms with E-state index < -0.39 is 23.6 Å². The third-order valence-electron chi connectivity index (χ3n) is 16.6. The number of anilines is 2. The molecular weight excluding hydrogens is 1070 g/mol. The van der Waals surface area contributed by atoms with Crippen molar-refractivity contribution in [2.24, 2.45) is 4.99 Å². The first-order valence-corrected chi connectivity index (χ1v) is 29.7. The highest BCUT2D eigenvalue weighted by Crippen LogP contribution is 2.42. The Morgan fingerprint density at radius 1 is 0.535 bits per heavy atom. The summed E-state index contributed by atoms with van der Waals surface area (Å²) in [5, 5.41) is 32.3. The van der Waals surface area contributed by atoms with Crippen molar-refractivity contribution >= 4 is 57.7 Å². The lowest BCUT2D eigenvalue weighted by molar-refractivity contribution is -0.482. The molecule has 0 unspecified atom stereocenters. The van der Waals surface area contributed by atoms with Crippen LogP contribution in [0.4, 0.5) is 17.1 Å². The van der Waals surface area contributed by atoms with Gasteiger partial charge in [0.2, 0.25) is 17.2 Å². The number of carbonyl (C=O) groups is 4. The molecule has 6 heterocycles. The standard InChI is InChI=1S/C42H44N2O2.C30H26N6O4/c1-27-13-23-37(29(3)25-27)43(33-9-5-6-10-33)35-19-15-31(16-20-35)39-41(45)40(42(39)46)32-17-21-36(22-18-32)44(34-11-7-8-12-34)38-24-14-28(2)26-30(38)4;37-27-23-3-1-4-24(35-23)28(38)32-16-20-9-13-22(14-10-20)18-34-30(40)26-6-2-5-25(36-26)29(39)33-17-21-11-7-19(8-12-21)15-31-27/h13-26,33-34H,5-12H2,1-4H3;1-14H,15-18H2,(H,31,37)(H,32,38)(H,33,39)(H,34,40). The van der Waals surface area contributed by atoms with Gasteiger partial charge in [-0.2, -0.15) is 4.58 Å². The zero-order chi connectivity index (χ0) is 59.8. The van der Waals surface area contributed by atoms with Crippen LogP contribution in [0.1, 0.15) is 139 Å². The SMILES string of the molecule is Cc1ccc(N(c2ccc(C3=C(O)C(=C4C=CC(=[N+](c5ccc(C)cc5C)C5CCCC5)C=C4)C3=O)cc2)C2CCCC2)c(C)c1.O=C1NCc2ccc(cc2)CN=C([O-])c2cccc(n2)C(=O)NCc2ccc(cc2)CNC(=O)c2cccc1n2. The van der Waals surface area contributed by atoms with Crippen molar-refractivity contribution in [1.82, 2.24) is 25.9 Å². The maximum Gasteiger partial charge on any atom is 0.270 e. The van der Waals surface area contributed by atoms with Crippen molar-refractivity contribution in [3.8, 4) is 0 Å². The number of aliphatic hydroxyl groups excluding tert-OH is 1. The summed E-state index contributed by atoms with van der Waals surface area (Å²) in [6.45, 7) is 9.55. The Morgan fingerprint density at radius 2 is 1.02 bits per heavy atom. The molecule has 5 aromatic carbocycles. The van der Waals surface area contributed by atoms with E-state index in [2.05, 4.69) is 129 Å². The van der Waals surface area contributed by atoms with Gasteiger partial charge in [-0.1, -0.05) is 115 Å². The van der Waals surface area contributed by atoms with Gasteiger partial charge in [-0.3, -0.25) is 24.2 Å². The maximum atomic E-state index is 13.5. The van der Waals surface area contributed by atoms with E-state index in [-0.39, 0.29) is 60.5 Å². The lowest BCUT2D eigenvalue weighted by Crippen LogP contribution is -2.29. The van der Waals surface area contributed by atoms with Gasteiger partial charge in [0.1, 0.15) is 22.8 Å². The van der Waals surface area contributed by atoms with Gasteiger partial charge >= 0.3 is 0 Å². The van der Waals surface area contributed by atoms with Gasteiger partial charge in [0, 0.05) is 79.6 Å². The number of hydrogen-bond donors (Lipinski definition) is 4.